The topological polar surface area (TPSA) is 72.9 Å². The van der Waals surface area contributed by atoms with E-state index in [0.717, 1.165) is 11.4 Å². The van der Waals surface area contributed by atoms with Gasteiger partial charge in [-0.15, -0.1) is 0 Å². The second-order valence-electron chi connectivity index (χ2n) is 4.58. The van der Waals surface area contributed by atoms with Crippen LogP contribution in [-0.2, 0) is 0 Å². The van der Waals surface area contributed by atoms with Crippen LogP contribution in [0.3, 0.4) is 0 Å². The molecule has 0 unspecified atom stereocenters. The molecule has 0 aliphatic rings. The molecule has 0 fully saturated rings. The SMILES string of the molecule is Nc1cccc(C(=O)Nc2ccc(-n3cccn3)cc2)c1. The molecule has 0 bridgehead atoms. The Morgan fingerprint density at radius 2 is 1.90 bits per heavy atom. The van der Waals surface area contributed by atoms with E-state index in [1.54, 1.807) is 35.1 Å². The van der Waals surface area contributed by atoms with Crippen LogP contribution < -0.4 is 11.1 Å². The number of nitrogens with zero attached hydrogens (tertiary/aromatic N) is 2. The minimum absolute atomic E-state index is 0.186. The standard InChI is InChI=1S/C16H14N4O/c17-13-4-1-3-12(11-13)16(21)19-14-5-7-15(8-6-14)20-10-2-9-18-20/h1-11H,17H2,(H,19,21). The van der Waals surface area contributed by atoms with Gasteiger partial charge in [0.2, 0.25) is 0 Å². The monoisotopic (exact) mass is 278 g/mol. The van der Waals surface area contributed by atoms with Crippen LogP contribution in [0.2, 0.25) is 0 Å². The van der Waals surface area contributed by atoms with Crippen LogP contribution in [0, 0.1) is 0 Å². The molecule has 0 saturated heterocycles. The molecule has 3 N–H and O–H groups in total. The van der Waals surface area contributed by atoms with Crippen molar-refractivity contribution in [3.05, 3.63) is 72.6 Å². The molecular weight excluding hydrogens is 264 g/mol. The summed E-state index contributed by atoms with van der Waals surface area (Å²) in [5.74, 6) is -0.186. The highest BCUT2D eigenvalue weighted by atomic mass is 16.1. The summed E-state index contributed by atoms with van der Waals surface area (Å²) in [5, 5.41) is 6.98. The van der Waals surface area contributed by atoms with Gasteiger partial charge in [0.15, 0.2) is 0 Å². The van der Waals surface area contributed by atoms with Gasteiger partial charge < -0.3 is 11.1 Å². The van der Waals surface area contributed by atoms with Gasteiger partial charge >= 0.3 is 0 Å². The normalized spacial score (nSPS) is 10.3. The van der Waals surface area contributed by atoms with E-state index in [1.807, 2.05) is 36.5 Å². The molecule has 0 aliphatic carbocycles. The lowest BCUT2D eigenvalue weighted by Gasteiger charge is -2.07. The first-order chi connectivity index (χ1) is 10.2. The highest BCUT2D eigenvalue weighted by molar-refractivity contribution is 6.04. The number of nitrogens with two attached hydrogens (primary N) is 1. The molecule has 0 aliphatic heterocycles. The third kappa shape index (κ3) is 2.92. The Balaban J connectivity index is 1.75. The van der Waals surface area contributed by atoms with E-state index < -0.39 is 0 Å². The van der Waals surface area contributed by atoms with Gasteiger partial charge in [0.25, 0.3) is 5.91 Å². The van der Waals surface area contributed by atoms with Crippen molar-refractivity contribution >= 4 is 17.3 Å². The second kappa shape index (κ2) is 5.50. The molecule has 5 heteroatoms. The Morgan fingerprint density at radius 3 is 2.57 bits per heavy atom. The van der Waals surface area contributed by atoms with Crippen molar-refractivity contribution in [3.63, 3.8) is 0 Å². The first-order valence-corrected chi connectivity index (χ1v) is 6.49. The molecule has 1 amide bonds. The van der Waals surface area contributed by atoms with Gasteiger partial charge in [-0.1, -0.05) is 6.07 Å². The number of rotatable bonds is 3. The summed E-state index contributed by atoms with van der Waals surface area (Å²) < 4.78 is 1.75. The maximum atomic E-state index is 12.1. The van der Waals surface area contributed by atoms with E-state index in [1.165, 1.54) is 0 Å². The number of amides is 1. The van der Waals surface area contributed by atoms with Crippen molar-refractivity contribution < 1.29 is 4.79 Å². The molecule has 1 aromatic heterocycles. The average Bonchev–Trinajstić information content (AvgIpc) is 3.02. The third-order valence-electron chi connectivity index (χ3n) is 3.04. The van der Waals surface area contributed by atoms with Gasteiger partial charge in [-0.05, 0) is 48.5 Å². The zero-order valence-electron chi connectivity index (χ0n) is 11.2. The van der Waals surface area contributed by atoms with E-state index in [9.17, 15) is 4.79 Å². The molecular formula is C16H14N4O. The number of aromatic nitrogens is 2. The zero-order valence-corrected chi connectivity index (χ0v) is 11.2. The largest absolute Gasteiger partial charge is 0.399 e. The quantitative estimate of drug-likeness (QED) is 0.723. The lowest BCUT2D eigenvalue weighted by Crippen LogP contribution is -2.12. The van der Waals surface area contributed by atoms with Crippen LogP contribution in [0.4, 0.5) is 11.4 Å². The zero-order chi connectivity index (χ0) is 14.7. The summed E-state index contributed by atoms with van der Waals surface area (Å²) >= 11 is 0. The number of carbonyl (C=O) groups excluding carboxylic acids is 1. The predicted octanol–water partition coefficient (Wildman–Crippen LogP) is 2.71. The van der Waals surface area contributed by atoms with Gasteiger partial charge in [-0.25, -0.2) is 4.68 Å². The maximum absolute atomic E-state index is 12.1. The minimum Gasteiger partial charge on any atom is -0.399 e. The molecule has 0 atom stereocenters. The van der Waals surface area contributed by atoms with Crippen molar-refractivity contribution in [1.82, 2.24) is 9.78 Å². The van der Waals surface area contributed by atoms with Crippen LogP contribution >= 0.6 is 0 Å². The van der Waals surface area contributed by atoms with Crippen LogP contribution in [0.5, 0.6) is 0 Å². The number of anilines is 2. The molecule has 5 nitrogen and oxygen atoms in total. The van der Waals surface area contributed by atoms with Crippen LogP contribution in [0.25, 0.3) is 5.69 Å². The Labute approximate surface area is 122 Å². The Kier molecular flexibility index (Phi) is 3.39. The summed E-state index contributed by atoms with van der Waals surface area (Å²) in [7, 11) is 0. The van der Waals surface area contributed by atoms with E-state index in [2.05, 4.69) is 10.4 Å². The van der Waals surface area contributed by atoms with Crippen molar-refractivity contribution in [2.45, 2.75) is 0 Å². The smallest absolute Gasteiger partial charge is 0.255 e. The van der Waals surface area contributed by atoms with Gasteiger partial charge in [0.05, 0.1) is 5.69 Å². The Morgan fingerprint density at radius 1 is 1.10 bits per heavy atom. The van der Waals surface area contributed by atoms with E-state index in [4.69, 9.17) is 5.73 Å². The molecule has 3 rings (SSSR count). The number of carbonyl (C=O) groups is 1. The molecule has 104 valence electrons. The third-order valence-corrected chi connectivity index (χ3v) is 3.04. The number of benzene rings is 2. The lowest BCUT2D eigenvalue weighted by molar-refractivity contribution is 0.102. The molecule has 0 radical (unpaired) electrons. The van der Waals surface area contributed by atoms with Crippen molar-refractivity contribution in [3.8, 4) is 5.69 Å². The molecule has 1 heterocycles. The molecule has 0 spiro atoms. The van der Waals surface area contributed by atoms with Gasteiger partial charge in [0.1, 0.15) is 0 Å². The Hall–Kier alpha value is -3.08. The summed E-state index contributed by atoms with van der Waals surface area (Å²) in [6.45, 7) is 0. The Bertz CT molecular complexity index is 748. The van der Waals surface area contributed by atoms with Crippen LogP contribution in [-0.4, -0.2) is 15.7 Å². The minimum atomic E-state index is -0.186. The van der Waals surface area contributed by atoms with Crippen molar-refractivity contribution in [2.75, 3.05) is 11.1 Å². The fourth-order valence-electron chi connectivity index (χ4n) is 2.00. The van der Waals surface area contributed by atoms with Crippen molar-refractivity contribution in [2.24, 2.45) is 0 Å². The van der Waals surface area contributed by atoms with Gasteiger partial charge in [-0.3, -0.25) is 4.79 Å². The fourth-order valence-corrected chi connectivity index (χ4v) is 2.00. The summed E-state index contributed by atoms with van der Waals surface area (Å²) in [6.07, 6.45) is 3.58. The highest BCUT2D eigenvalue weighted by Crippen LogP contribution is 2.14. The number of nitrogens with one attached hydrogen (secondary N) is 1. The average molecular weight is 278 g/mol. The molecule has 21 heavy (non-hydrogen) atoms. The lowest BCUT2D eigenvalue weighted by atomic mass is 10.2. The highest BCUT2D eigenvalue weighted by Gasteiger charge is 2.06. The molecule has 3 aromatic rings. The second-order valence-corrected chi connectivity index (χ2v) is 4.58. The maximum Gasteiger partial charge on any atom is 0.255 e. The first-order valence-electron chi connectivity index (χ1n) is 6.49. The van der Waals surface area contributed by atoms with E-state index in [0.29, 0.717) is 11.3 Å². The number of hydrogen-bond acceptors (Lipinski definition) is 3. The summed E-state index contributed by atoms with van der Waals surface area (Å²) in [6, 6.07) is 16.2. The van der Waals surface area contributed by atoms with Crippen LogP contribution in [0.15, 0.2) is 67.0 Å². The number of hydrogen-bond donors (Lipinski definition) is 2. The van der Waals surface area contributed by atoms with Gasteiger partial charge in [0, 0.05) is 29.3 Å². The number of nitrogen functional groups attached to an aromatic ring is 1. The first kappa shape index (κ1) is 12.9. The summed E-state index contributed by atoms with van der Waals surface area (Å²) in [5.41, 5.74) is 8.43. The summed E-state index contributed by atoms with van der Waals surface area (Å²) in [4.78, 5) is 12.1. The predicted molar refractivity (Wildman–Crippen MR) is 82.4 cm³/mol. The fraction of sp³-hybridized carbons (Fsp3) is 0. The van der Waals surface area contributed by atoms with Gasteiger partial charge in [-0.2, -0.15) is 5.10 Å². The van der Waals surface area contributed by atoms with Crippen molar-refractivity contribution in [1.29, 1.82) is 0 Å². The van der Waals surface area contributed by atoms with E-state index >= 15 is 0 Å². The van der Waals surface area contributed by atoms with Crippen LogP contribution in [0.1, 0.15) is 10.4 Å². The molecule has 2 aromatic carbocycles. The molecule has 0 saturated carbocycles. The van der Waals surface area contributed by atoms with E-state index in [-0.39, 0.29) is 5.91 Å².